The molecule has 0 saturated carbocycles. The Balaban J connectivity index is 1.63. The molecular formula is C29H25FO3. The summed E-state index contributed by atoms with van der Waals surface area (Å²) in [5, 5.41) is 2.25. The van der Waals surface area contributed by atoms with E-state index in [0.717, 1.165) is 33.5 Å². The smallest absolute Gasteiger partial charge is 0.308 e. The minimum atomic E-state index is -0.343. The summed E-state index contributed by atoms with van der Waals surface area (Å²) in [7, 11) is 0. The average Bonchev–Trinajstić information content (AvgIpc) is 2.77. The number of ketones is 1. The molecule has 2 aliphatic carbocycles. The maximum Gasteiger partial charge on any atom is 0.308 e. The Hall–Kier alpha value is -3.53. The van der Waals surface area contributed by atoms with Crippen molar-refractivity contribution in [2.24, 2.45) is 5.92 Å². The summed E-state index contributed by atoms with van der Waals surface area (Å²) in [6.07, 6.45) is 5.72. The van der Waals surface area contributed by atoms with E-state index in [1.807, 2.05) is 18.2 Å². The van der Waals surface area contributed by atoms with Crippen molar-refractivity contribution in [2.75, 3.05) is 0 Å². The number of carbonyl (C=O) groups excluding carboxylic acids is 2. The fourth-order valence-corrected chi connectivity index (χ4v) is 5.22. The first kappa shape index (κ1) is 21.3. The number of Topliss-reactive ketones (excluding diaryl/α,β-unsaturated/α-hetero) is 1. The van der Waals surface area contributed by atoms with Gasteiger partial charge in [-0.05, 0) is 87.3 Å². The average molecular weight is 441 g/mol. The molecule has 0 saturated heterocycles. The van der Waals surface area contributed by atoms with E-state index >= 15 is 0 Å². The summed E-state index contributed by atoms with van der Waals surface area (Å²) in [4.78, 5) is 24.6. The van der Waals surface area contributed by atoms with E-state index in [0.29, 0.717) is 17.7 Å². The Morgan fingerprint density at radius 1 is 0.970 bits per heavy atom. The number of esters is 1. The first-order valence-corrected chi connectivity index (χ1v) is 11.2. The van der Waals surface area contributed by atoms with Crippen LogP contribution in [0.2, 0.25) is 0 Å². The van der Waals surface area contributed by atoms with Crippen molar-refractivity contribution in [1.29, 1.82) is 0 Å². The van der Waals surface area contributed by atoms with Crippen LogP contribution in [-0.2, 0) is 16.6 Å². The number of ether oxygens (including phenoxy) is 1. The molecule has 4 heteroatoms. The van der Waals surface area contributed by atoms with Gasteiger partial charge < -0.3 is 4.74 Å². The molecule has 1 unspecified atom stereocenters. The van der Waals surface area contributed by atoms with Crippen molar-refractivity contribution in [2.45, 2.75) is 39.0 Å². The number of rotatable bonds is 3. The van der Waals surface area contributed by atoms with Gasteiger partial charge in [0.25, 0.3) is 0 Å². The number of benzene rings is 3. The summed E-state index contributed by atoms with van der Waals surface area (Å²) >= 11 is 0. The topological polar surface area (TPSA) is 43.4 Å². The van der Waals surface area contributed by atoms with Crippen LogP contribution in [0.15, 0.2) is 54.6 Å². The second-order valence-corrected chi connectivity index (χ2v) is 9.54. The zero-order valence-corrected chi connectivity index (χ0v) is 18.9. The van der Waals surface area contributed by atoms with Crippen molar-refractivity contribution in [3.63, 3.8) is 0 Å². The highest BCUT2D eigenvalue weighted by Crippen LogP contribution is 2.35. The molecule has 0 bridgehead atoms. The standard InChI is InChI=1S/C29H25FO3/c1-17(31)33-22-9-11-23-19(14-22)6-10-25-24(23)12-13-27-26(25)15-20(16-29(27,2)3)28(32)18-4-7-21(30)8-5-18/h4-5,7-15,20H,6,16H2,1-3H3. The third-order valence-electron chi connectivity index (χ3n) is 6.73. The van der Waals surface area contributed by atoms with Crippen molar-refractivity contribution in [3.05, 3.63) is 87.5 Å². The van der Waals surface area contributed by atoms with Gasteiger partial charge in [-0.25, -0.2) is 4.39 Å². The molecule has 0 heterocycles. The van der Waals surface area contributed by atoms with Crippen LogP contribution in [0.1, 0.15) is 48.7 Å². The molecule has 5 rings (SSSR count). The minimum absolute atomic E-state index is 0.0218. The van der Waals surface area contributed by atoms with Gasteiger partial charge in [0.1, 0.15) is 11.6 Å². The summed E-state index contributed by atoms with van der Waals surface area (Å²) in [6, 6.07) is 15.9. The summed E-state index contributed by atoms with van der Waals surface area (Å²) in [6.45, 7) is 5.75. The van der Waals surface area contributed by atoms with E-state index in [9.17, 15) is 14.0 Å². The van der Waals surface area contributed by atoms with Gasteiger partial charge in [0, 0.05) is 18.4 Å². The van der Waals surface area contributed by atoms with E-state index < -0.39 is 0 Å². The SMILES string of the molecule is CC(=O)Oc1ccc2c(c1)CC=c1c-2ccc2c1=CC(C(=O)c1ccc(F)cc1)CC2(C)C. The fraction of sp³-hybridized carbons (Fsp3) is 0.241. The lowest BCUT2D eigenvalue weighted by Gasteiger charge is -2.34. The third kappa shape index (κ3) is 3.80. The predicted octanol–water partition coefficient (Wildman–Crippen LogP) is 4.72. The monoisotopic (exact) mass is 440 g/mol. The highest BCUT2D eigenvalue weighted by Gasteiger charge is 2.33. The Kier molecular flexibility index (Phi) is 5.04. The second-order valence-electron chi connectivity index (χ2n) is 9.54. The molecule has 1 atom stereocenters. The zero-order chi connectivity index (χ0) is 23.3. The van der Waals surface area contributed by atoms with Crippen LogP contribution in [0.3, 0.4) is 0 Å². The molecule has 0 spiro atoms. The molecule has 33 heavy (non-hydrogen) atoms. The summed E-state index contributed by atoms with van der Waals surface area (Å²) in [5.74, 6) is -0.380. The summed E-state index contributed by atoms with van der Waals surface area (Å²) < 4.78 is 18.6. The van der Waals surface area contributed by atoms with Gasteiger partial charge in [0.15, 0.2) is 5.78 Å². The molecule has 2 aliphatic rings. The van der Waals surface area contributed by atoms with Gasteiger partial charge in [0.05, 0.1) is 0 Å². The molecule has 0 aromatic heterocycles. The molecule has 0 N–H and O–H groups in total. The lowest BCUT2D eigenvalue weighted by Crippen LogP contribution is -2.43. The third-order valence-corrected chi connectivity index (χ3v) is 6.73. The van der Waals surface area contributed by atoms with E-state index in [4.69, 9.17) is 4.74 Å². The van der Waals surface area contributed by atoms with Crippen LogP contribution < -0.4 is 15.2 Å². The zero-order valence-electron chi connectivity index (χ0n) is 18.9. The Bertz CT molecular complexity index is 1410. The molecule has 3 aromatic carbocycles. The molecular weight excluding hydrogens is 415 g/mol. The highest BCUT2D eigenvalue weighted by molar-refractivity contribution is 6.01. The van der Waals surface area contributed by atoms with Gasteiger partial charge in [-0.15, -0.1) is 0 Å². The van der Waals surface area contributed by atoms with Crippen LogP contribution in [0.25, 0.3) is 23.3 Å². The lowest BCUT2D eigenvalue weighted by molar-refractivity contribution is -0.131. The van der Waals surface area contributed by atoms with E-state index in [-0.39, 0.29) is 28.9 Å². The minimum Gasteiger partial charge on any atom is -0.427 e. The molecule has 0 aliphatic heterocycles. The Morgan fingerprint density at radius 2 is 1.70 bits per heavy atom. The van der Waals surface area contributed by atoms with Crippen molar-refractivity contribution < 1.29 is 18.7 Å². The Labute approximate surface area is 192 Å². The predicted molar refractivity (Wildman–Crippen MR) is 127 cm³/mol. The number of halogens is 1. The van der Waals surface area contributed by atoms with Gasteiger partial charge >= 0.3 is 5.97 Å². The molecule has 3 aromatic rings. The van der Waals surface area contributed by atoms with Gasteiger partial charge in [-0.3, -0.25) is 9.59 Å². The van der Waals surface area contributed by atoms with Crippen LogP contribution in [-0.4, -0.2) is 11.8 Å². The van der Waals surface area contributed by atoms with Crippen molar-refractivity contribution in [1.82, 2.24) is 0 Å². The number of hydrogen-bond donors (Lipinski definition) is 0. The number of fused-ring (bicyclic) bond motifs is 5. The molecule has 0 amide bonds. The maximum absolute atomic E-state index is 13.4. The van der Waals surface area contributed by atoms with Gasteiger partial charge in [-0.2, -0.15) is 0 Å². The first-order chi connectivity index (χ1) is 15.7. The van der Waals surface area contributed by atoms with Crippen LogP contribution in [0.5, 0.6) is 5.75 Å². The van der Waals surface area contributed by atoms with E-state index in [2.05, 4.69) is 38.1 Å². The van der Waals surface area contributed by atoms with Crippen LogP contribution >= 0.6 is 0 Å². The van der Waals surface area contributed by atoms with Crippen molar-refractivity contribution in [3.8, 4) is 16.9 Å². The largest absolute Gasteiger partial charge is 0.427 e. The van der Waals surface area contributed by atoms with Gasteiger partial charge in [0.2, 0.25) is 0 Å². The fourth-order valence-electron chi connectivity index (χ4n) is 5.22. The second kappa shape index (κ2) is 7.80. The van der Waals surface area contributed by atoms with E-state index in [1.165, 1.54) is 24.6 Å². The van der Waals surface area contributed by atoms with Crippen molar-refractivity contribution >= 4 is 23.9 Å². The quantitative estimate of drug-likeness (QED) is 0.336. The lowest BCUT2D eigenvalue weighted by atomic mass is 9.69. The molecule has 0 fully saturated rings. The first-order valence-electron chi connectivity index (χ1n) is 11.2. The molecule has 0 radical (unpaired) electrons. The molecule has 166 valence electrons. The van der Waals surface area contributed by atoms with Gasteiger partial charge in [-0.1, -0.05) is 44.2 Å². The van der Waals surface area contributed by atoms with Crippen LogP contribution in [0.4, 0.5) is 4.39 Å². The highest BCUT2D eigenvalue weighted by atomic mass is 19.1. The molecule has 3 nitrogen and oxygen atoms in total. The maximum atomic E-state index is 13.4. The summed E-state index contributed by atoms with van der Waals surface area (Å²) in [5.41, 5.74) is 4.94. The number of hydrogen-bond acceptors (Lipinski definition) is 3. The van der Waals surface area contributed by atoms with Crippen LogP contribution in [0, 0.1) is 11.7 Å². The Morgan fingerprint density at radius 3 is 2.42 bits per heavy atom. The number of carbonyl (C=O) groups is 2. The van der Waals surface area contributed by atoms with E-state index in [1.54, 1.807) is 12.1 Å². The normalized spacial score (nSPS) is 17.5.